The predicted molar refractivity (Wildman–Crippen MR) is 105 cm³/mol. The second-order valence-corrected chi connectivity index (χ2v) is 7.26. The van der Waals surface area contributed by atoms with Gasteiger partial charge in [0.05, 0.1) is 38.8 Å². The van der Waals surface area contributed by atoms with Crippen LogP contribution >= 0.6 is 0 Å². The lowest BCUT2D eigenvalue weighted by atomic mass is 9.97. The molecule has 0 aliphatic carbocycles. The Hall–Kier alpha value is -2.16. The molecule has 1 aliphatic heterocycles. The third-order valence-corrected chi connectivity index (χ3v) is 4.68. The van der Waals surface area contributed by atoms with E-state index in [1.165, 1.54) is 0 Å². The van der Waals surface area contributed by atoms with Gasteiger partial charge in [0.1, 0.15) is 11.9 Å². The maximum absolute atomic E-state index is 12.3. The molecule has 8 nitrogen and oxygen atoms in total. The van der Waals surface area contributed by atoms with Crippen LogP contribution in [0.2, 0.25) is 0 Å². The molecule has 28 heavy (non-hydrogen) atoms. The van der Waals surface area contributed by atoms with Crippen molar-refractivity contribution in [2.45, 2.75) is 44.1 Å². The summed E-state index contributed by atoms with van der Waals surface area (Å²) in [4.78, 5) is 26.0. The van der Waals surface area contributed by atoms with E-state index in [0.29, 0.717) is 19.4 Å². The number of aliphatic hydroxyl groups is 1. The van der Waals surface area contributed by atoms with Crippen molar-refractivity contribution in [2.75, 3.05) is 34.4 Å². The van der Waals surface area contributed by atoms with Gasteiger partial charge in [-0.05, 0) is 33.0 Å². The lowest BCUT2D eigenvalue weighted by Crippen LogP contribution is -2.52. The molecule has 0 saturated carbocycles. The summed E-state index contributed by atoms with van der Waals surface area (Å²) in [5.74, 6) is 0.501. The lowest BCUT2D eigenvalue weighted by Gasteiger charge is -2.36. The molecule has 8 heteroatoms. The Morgan fingerprint density at radius 2 is 2.00 bits per heavy atom. The Labute approximate surface area is 166 Å². The van der Waals surface area contributed by atoms with Gasteiger partial charge in [0.15, 0.2) is 0 Å². The number of amides is 2. The lowest BCUT2D eigenvalue weighted by molar-refractivity contribution is -0.136. The van der Waals surface area contributed by atoms with Crippen molar-refractivity contribution in [2.24, 2.45) is 0 Å². The Morgan fingerprint density at radius 1 is 1.25 bits per heavy atom. The summed E-state index contributed by atoms with van der Waals surface area (Å²) >= 11 is 0. The van der Waals surface area contributed by atoms with E-state index in [-0.39, 0.29) is 43.5 Å². The molecular formula is C20H31N3O5. The zero-order valence-corrected chi connectivity index (χ0v) is 16.8. The number of carbonyl (C=O) groups is 2. The van der Waals surface area contributed by atoms with Crippen LogP contribution in [0.3, 0.4) is 0 Å². The molecule has 0 radical (unpaired) electrons. The normalized spacial score (nSPS) is 22.0. The molecule has 1 aromatic rings. The molecular weight excluding hydrogens is 362 g/mol. The highest BCUT2D eigenvalue weighted by atomic mass is 16.5. The molecule has 0 aromatic heterocycles. The maximum Gasteiger partial charge on any atom is 0.234 e. The minimum Gasteiger partial charge on any atom is -0.496 e. The number of benzene rings is 1. The molecule has 1 aromatic carbocycles. The molecule has 3 atom stereocenters. The van der Waals surface area contributed by atoms with E-state index in [1.807, 2.05) is 38.4 Å². The Morgan fingerprint density at radius 3 is 2.68 bits per heavy atom. The zero-order valence-electron chi connectivity index (χ0n) is 16.8. The van der Waals surface area contributed by atoms with Gasteiger partial charge in [-0.3, -0.25) is 9.59 Å². The van der Waals surface area contributed by atoms with Crippen LogP contribution in [0.1, 0.15) is 24.8 Å². The van der Waals surface area contributed by atoms with E-state index in [1.54, 1.807) is 12.0 Å². The first-order valence-corrected chi connectivity index (χ1v) is 9.52. The fourth-order valence-corrected chi connectivity index (χ4v) is 3.31. The second kappa shape index (κ2) is 11.0. The van der Waals surface area contributed by atoms with Crippen LogP contribution in [-0.2, 0) is 20.9 Å². The number of methoxy groups -OCH3 is 1. The first kappa shape index (κ1) is 22.1. The standard InChI is InChI=1S/C20H31N3O5/c1-23(2)12-20(26)22-16-9-8-15(28-18(16)13-24)10-19(25)21-11-14-6-4-5-7-17(14)27-3/h4-7,15-16,18,24H,8-13H2,1-3H3,(H,21,25)(H,22,26)/t15-,16-,18+/m1/s1. The largest absolute Gasteiger partial charge is 0.496 e. The Balaban J connectivity index is 1.80. The van der Waals surface area contributed by atoms with E-state index in [4.69, 9.17) is 9.47 Å². The molecule has 2 amide bonds. The third kappa shape index (κ3) is 6.78. The summed E-state index contributed by atoms with van der Waals surface area (Å²) in [5.41, 5.74) is 0.903. The number of ether oxygens (including phenoxy) is 2. The van der Waals surface area contributed by atoms with E-state index in [0.717, 1.165) is 11.3 Å². The van der Waals surface area contributed by atoms with Crippen LogP contribution in [0, 0.1) is 0 Å². The van der Waals surface area contributed by atoms with Gasteiger partial charge < -0.3 is 30.1 Å². The summed E-state index contributed by atoms with van der Waals surface area (Å²) in [5, 5.41) is 15.4. The van der Waals surface area contributed by atoms with Gasteiger partial charge in [-0.1, -0.05) is 18.2 Å². The SMILES string of the molecule is COc1ccccc1CNC(=O)C[C@H]1CC[C@@H](NC(=O)CN(C)C)[C@H](CO)O1. The van der Waals surface area contributed by atoms with Crippen LogP contribution < -0.4 is 15.4 Å². The van der Waals surface area contributed by atoms with Gasteiger partial charge in [0, 0.05) is 12.1 Å². The second-order valence-electron chi connectivity index (χ2n) is 7.26. The van der Waals surface area contributed by atoms with Gasteiger partial charge >= 0.3 is 0 Å². The molecule has 1 fully saturated rings. The molecule has 3 N–H and O–H groups in total. The molecule has 2 rings (SSSR count). The highest BCUT2D eigenvalue weighted by Crippen LogP contribution is 2.22. The maximum atomic E-state index is 12.3. The summed E-state index contributed by atoms with van der Waals surface area (Å²) in [6.07, 6.45) is 0.730. The van der Waals surface area contributed by atoms with Crippen molar-refractivity contribution in [3.8, 4) is 5.75 Å². The molecule has 1 heterocycles. The number of aliphatic hydroxyl groups excluding tert-OH is 1. The van der Waals surface area contributed by atoms with Crippen molar-refractivity contribution in [3.05, 3.63) is 29.8 Å². The first-order valence-electron chi connectivity index (χ1n) is 9.52. The highest BCUT2D eigenvalue weighted by Gasteiger charge is 2.32. The van der Waals surface area contributed by atoms with Crippen LogP contribution in [-0.4, -0.2) is 74.4 Å². The van der Waals surface area contributed by atoms with E-state index in [2.05, 4.69) is 10.6 Å². The van der Waals surface area contributed by atoms with Gasteiger partial charge in [-0.25, -0.2) is 0 Å². The van der Waals surface area contributed by atoms with E-state index < -0.39 is 6.10 Å². The number of hydrogen-bond acceptors (Lipinski definition) is 6. The average molecular weight is 393 g/mol. The van der Waals surface area contributed by atoms with Crippen molar-refractivity contribution >= 4 is 11.8 Å². The number of nitrogens with zero attached hydrogens (tertiary/aromatic N) is 1. The van der Waals surface area contributed by atoms with Crippen LogP contribution in [0.25, 0.3) is 0 Å². The quantitative estimate of drug-likeness (QED) is 0.558. The monoisotopic (exact) mass is 393 g/mol. The zero-order chi connectivity index (χ0) is 20.5. The fourth-order valence-electron chi connectivity index (χ4n) is 3.31. The minimum absolute atomic E-state index is 0.106. The smallest absolute Gasteiger partial charge is 0.234 e. The number of likely N-dealkylation sites (N-methyl/N-ethyl adjacent to an activating group) is 1. The number of rotatable bonds is 9. The number of hydrogen-bond donors (Lipinski definition) is 3. The number of para-hydroxylation sites is 1. The number of carbonyl (C=O) groups excluding carboxylic acids is 2. The molecule has 0 unspecified atom stereocenters. The fraction of sp³-hybridized carbons (Fsp3) is 0.600. The molecule has 0 bridgehead atoms. The van der Waals surface area contributed by atoms with Gasteiger partial charge in [0.2, 0.25) is 11.8 Å². The van der Waals surface area contributed by atoms with Gasteiger partial charge in [0.25, 0.3) is 0 Å². The summed E-state index contributed by atoms with van der Waals surface area (Å²) in [7, 11) is 5.24. The van der Waals surface area contributed by atoms with Crippen molar-refractivity contribution in [1.29, 1.82) is 0 Å². The molecule has 156 valence electrons. The van der Waals surface area contributed by atoms with Gasteiger partial charge in [-0.2, -0.15) is 0 Å². The first-order chi connectivity index (χ1) is 13.4. The highest BCUT2D eigenvalue weighted by molar-refractivity contribution is 5.78. The topological polar surface area (TPSA) is 100 Å². The number of nitrogens with one attached hydrogen (secondary N) is 2. The minimum atomic E-state index is -0.508. The van der Waals surface area contributed by atoms with E-state index in [9.17, 15) is 14.7 Å². The Bertz CT molecular complexity index is 652. The third-order valence-electron chi connectivity index (χ3n) is 4.68. The van der Waals surface area contributed by atoms with Crippen LogP contribution in [0.5, 0.6) is 5.75 Å². The van der Waals surface area contributed by atoms with E-state index >= 15 is 0 Å². The molecule has 1 saturated heterocycles. The van der Waals surface area contributed by atoms with Crippen LogP contribution in [0.15, 0.2) is 24.3 Å². The van der Waals surface area contributed by atoms with Crippen molar-refractivity contribution in [3.63, 3.8) is 0 Å². The summed E-state index contributed by atoms with van der Waals surface area (Å²) in [6.45, 7) is 0.456. The predicted octanol–water partition coefficient (Wildman–Crippen LogP) is 0.288. The molecule has 0 spiro atoms. The average Bonchev–Trinajstić information content (AvgIpc) is 2.67. The van der Waals surface area contributed by atoms with Crippen LogP contribution in [0.4, 0.5) is 0 Å². The van der Waals surface area contributed by atoms with Gasteiger partial charge in [-0.15, -0.1) is 0 Å². The van der Waals surface area contributed by atoms with Crippen molar-refractivity contribution < 1.29 is 24.2 Å². The summed E-state index contributed by atoms with van der Waals surface area (Å²) < 4.78 is 11.1. The molecule has 1 aliphatic rings. The summed E-state index contributed by atoms with van der Waals surface area (Å²) in [6, 6.07) is 7.28. The van der Waals surface area contributed by atoms with Crippen molar-refractivity contribution in [1.82, 2.24) is 15.5 Å². The Kier molecular flexibility index (Phi) is 8.69.